The third kappa shape index (κ3) is 3.94. The molecular weight excluding hydrogens is 326 g/mol. The van der Waals surface area contributed by atoms with Gasteiger partial charge in [0.2, 0.25) is 0 Å². The van der Waals surface area contributed by atoms with Crippen molar-refractivity contribution in [3.8, 4) is 0 Å². The first kappa shape index (κ1) is 13.8. The molecule has 0 aliphatic rings. The number of anilines is 1. The first-order chi connectivity index (χ1) is 9.16. The summed E-state index contributed by atoms with van der Waals surface area (Å²) in [5, 5.41) is 3.58. The van der Waals surface area contributed by atoms with Crippen LogP contribution in [0.25, 0.3) is 0 Å². The standard InChI is InChI=1S/C15H11BrClNO/c16-12-6-7-14(13(17)10-12)18-9-8-15(19)11-4-2-1-3-5-11/h1-10,18H/b9-8+. The topological polar surface area (TPSA) is 29.1 Å². The summed E-state index contributed by atoms with van der Waals surface area (Å²) in [4.78, 5) is 11.8. The van der Waals surface area contributed by atoms with Crippen LogP contribution in [-0.4, -0.2) is 5.78 Å². The molecule has 0 spiro atoms. The lowest BCUT2D eigenvalue weighted by atomic mass is 10.1. The monoisotopic (exact) mass is 335 g/mol. The number of nitrogens with one attached hydrogen (secondary N) is 1. The smallest absolute Gasteiger partial charge is 0.187 e. The Morgan fingerprint density at radius 2 is 1.89 bits per heavy atom. The summed E-state index contributed by atoms with van der Waals surface area (Å²) >= 11 is 9.38. The third-order valence-electron chi connectivity index (χ3n) is 2.46. The van der Waals surface area contributed by atoms with Crippen LogP contribution in [0.3, 0.4) is 0 Å². The molecule has 0 saturated heterocycles. The lowest BCUT2D eigenvalue weighted by molar-refractivity contribution is 0.104. The molecule has 0 aromatic heterocycles. The molecule has 19 heavy (non-hydrogen) atoms. The fraction of sp³-hybridized carbons (Fsp3) is 0. The summed E-state index contributed by atoms with van der Waals surface area (Å²) in [7, 11) is 0. The molecule has 2 rings (SSSR count). The molecule has 0 aliphatic heterocycles. The molecule has 0 aliphatic carbocycles. The average molecular weight is 337 g/mol. The molecule has 0 heterocycles. The predicted octanol–water partition coefficient (Wildman–Crippen LogP) is 4.91. The maximum absolute atomic E-state index is 11.8. The second-order valence-corrected chi connectivity index (χ2v) is 5.15. The lowest BCUT2D eigenvalue weighted by Gasteiger charge is -2.03. The molecule has 0 unspecified atom stereocenters. The number of rotatable bonds is 4. The number of halogens is 2. The Bertz CT molecular complexity index is 611. The number of carbonyl (C=O) groups excluding carboxylic acids is 1. The van der Waals surface area contributed by atoms with E-state index in [2.05, 4.69) is 21.2 Å². The van der Waals surface area contributed by atoms with Crippen LogP contribution in [-0.2, 0) is 0 Å². The quantitative estimate of drug-likeness (QED) is 0.635. The van der Waals surface area contributed by atoms with E-state index in [0.717, 1.165) is 10.2 Å². The van der Waals surface area contributed by atoms with Gasteiger partial charge < -0.3 is 5.32 Å². The minimum atomic E-state index is -0.0543. The maximum atomic E-state index is 11.8. The largest absolute Gasteiger partial charge is 0.360 e. The SMILES string of the molecule is O=C(/C=C/Nc1ccc(Br)cc1Cl)c1ccccc1. The van der Waals surface area contributed by atoms with Gasteiger partial charge in [-0.3, -0.25) is 4.79 Å². The highest BCUT2D eigenvalue weighted by molar-refractivity contribution is 9.10. The van der Waals surface area contributed by atoms with Crippen molar-refractivity contribution in [1.82, 2.24) is 0 Å². The van der Waals surface area contributed by atoms with E-state index in [-0.39, 0.29) is 5.78 Å². The Morgan fingerprint density at radius 3 is 2.58 bits per heavy atom. The molecule has 0 atom stereocenters. The summed E-state index contributed by atoms with van der Waals surface area (Å²) in [5.41, 5.74) is 1.41. The maximum Gasteiger partial charge on any atom is 0.187 e. The number of hydrogen-bond donors (Lipinski definition) is 1. The second-order valence-electron chi connectivity index (χ2n) is 3.83. The van der Waals surface area contributed by atoms with E-state index in [1.165, 1.54) is 6.08 Å². The van der Waals surface area contributed by atoms with Crippen molar-refractivity contribution < 1.29 is 4.79 Å². The van der Waals surface area contributed by atoms with E-state index in [0.29, 0.717) is 10.6 Å². The van der Waals surface area contributed by atoms with Gasteiger partial charge in [0, 0.05) is 22.3 Å². The van der Waals surface area contributed by atoms with Crippen LogP contribution in [0.15, 0.2) is 65.3 Å². The Labute approximate surface area is 125 Å². The number of benzene rings is 2. The highest BCUT2D eigenvalue weighted by Gasteiger charge is 2.00. The van der Waals surface area contributed by atoms with Gasteiger partial charge in [-0.1, -0.05) is 57.9 Å². The lowest BCUT2D eigenvalue weighted by Crippen LogP contribution is -1.96. The van der Waals surface area contributed by atoms with Crippen LogP contribution in [0, 0.1) is 0 Å². The first-order valence-electron chi connectivity index (χ1n) is 5.64. The van der Waals surface area contributed by atoms with Gasteiger partial charge in [0.05, 0.1) is 10.7 Å². The first-order valence-corrected chi connectivity index (χ1v) is 6.81. The minimum Gasteiger partial charge on any atom is -0.360 e. The summed E-state index contributed by atoms with van der Waals surface area (Å²) in [5.74, 6) is -0.0543. The van der Waals surface area contributed by atoms with Crippen molar-refractivity contribution in [2.75, 3.05) is 5.32 Å². The van der Waals surface area contributed by atoms with E-state index < -0.39 is 0 Å². The van der Waals surface area contributed by atoms with E-state index in [4.69, 9.17) is 11.6 Å². The zero-order valence-electron chi connectivity index (χ0n) is 9.94. The fourth-order valence-corrected chi connectivity index (χ4v) is 2.24. The average Bonchev–Trinajstić information content (AvgIpc) is 2.42. The van der Waals surface area contributed by atoms with Gasteiger partial charge >= 0.3 is 0 Å². The van der Waals surface area contributed by atoms with Crippen molar-refractivity contribution >= 4 is 39.0 Å². The molecule has 0 bridgehead atoms. The van der Waals surface area contributed by atoms with Crippen molar-refractivity contribution in [1.29, 1.82) is 0 Å². The van der Waals surface area contributed by atoms with Gasteiger partial charge in [0.25, 0.3) is 0 Å². The zero-order valence-corrected chi connectivity index (χ0v) is 12.3. The summed E-state index contributed by atoms with van der Waals surface area (Å²) in [6.07, 6.45) is 3.07. The summed E-state index contributed by atoms with van der Waals surface area (Å²) in [6.45, 7) is 0. The van der Waals surface area contributed by atoms with Crippen LogP contribution < -0.4 is 5.32 Å². The Hall–Kier alpha value is -1.58. The fourth-order valence-electron chi connectivity index (χ4n) is 1.51. The van der Waals surface area contributed by atoms with Gasteiger partial charge in [-0.2, -0.15) is 0 Å². The van der Waals surface area contributed by atoms with Gasteiger partial charge in [0.1, 0.15) is 0 Å². The van der Waals surface area contributed by atoms with E-state index in [1.54, 1.807) is 24.4 Å². The number of hydrogen-bond acceptors (Lipinski definition) is 2. The molecule has 2 aromatic carbocycles. The highest BCUT2D eigenvalue weighted by atomic mass is 79.9. The number of allylic oxidation sites excluding steroid dienone is 1. The molecule has 0 amide bonds. The molecule has 1 N–H and O–H groups in total. The molecule has 2 nitrogen and oxygen atoms in total. The van der Waals surface area contributed by atoms with E-state index in [9.17, 15) is 4.79 Å². The van der Waals surface area contributed by atoms with Crippen LogP contribution in [0.4, 0.5) is 5.69 Å². The van der Waals surface area contributed by atoms with Crippen molar-refractivity contribution in [2.45, 2.75) is 0 Å². The zero-order chi connectivity index (χ0) is 13.7. The summed E-state index contributed by atoms with van der Waals surface area (Å²) in [6, 6.07) is 14.6. The van der Waals surface area contributed by atoms with Crippen molar-refractivity contribution in [3.63, 3.8) is 0 Å². The highest BCUT2D eigenvalue weighted by Crippen LogP contribution is 2.25. The number of carbonyl (C=O) groups is 1. The van der Waals surface area contributed by atoms with Gasteiger partial charge in [-0.15, -0.1) is 0 Å². The van der Waals surface area contributed by atoms with Crippen molar-refractivity contribution in [2.24, 2.45) is 0 Å². The molecule has 2 aromatic rings. The summed E-state index contributed by atoms with van der Waals surface area (Å²) < 4.78 is 0.910. The number of ketones is 1. The van der Waals surface area contributed by atoms with Crippen LogP contribution in [0.5, 0.6) is 0 Å². The third-order valence-corrected chi connectivity index (χ3v) is 3.27. The van der Waals surface area contributed by atoms with Crippen LogP contribution in [0.2, 0.25) is 5.02 Å². The van der Waals surface area contributed by atoms with Gasteiger partial charge in [0.15, 0.2) is 5.78 Å². The minimum absolute atomic E-state index is 0.0543. The predicted molar refractivity (Wildman–Crippen MR) is 82.7 cm³/mol. The van der Waals surface area contributed by atoms with Crippen LogP contribution in [0.1, 0.15) is 10.4 Å². The molecular formula is C15H11BrClNO. The van der Waals surface area contributed by atoms with Gasteiger partial charge in [-0.25, -0.2) is 0 Å². The Morgan fingerprint density at radius 1 is 1.16 bits per heavy atom. The molecule has 0 fully saturated rings. The van der Waals surface area contributed by atoms with Gasteiger partial charge in [-0.05, 0) is 18.2 Å². The normalized spacial score (nSPS) is 10.6. The molecule has 0 saturated carbocycles. The Balaban J connectivity index is 2.02. The van der Waals surface area contributed by atoms with Crippen LogP contribution >= 0.6 is 27.5 Å². The van der Waals surface area contributed by atoms with E-state index in [1.807, 2.05) is 30.3 Å². The second kappa shape index (κ2) is 6.55. The molecule has 96 valence electrons. The van der Waals surface area contributed by atoms with Crippen molar-refractivity contribution in [3.05, 3.63) is 75.9 Å². The Kier molecular flexibility index (Phi) is 4.77. The van der Waals surface area contributed by atoms with E-state index >= 15 is 0 Å². The molecule has 0 radical (unpaired) electrons. The molecule has 4 heteroatoms.